The molecule has 160 valence electrons. The fourth-order valence-corrected chi connectivity index (χ4v) is 5.48. The molecule has 3 rings (SSSR count). The van der Waals surface area contributed by atoms with Gasteiger partial charge in [-0.2, -0.15) is 0 Å². The van der Waals surface area contributed by atoms with Crippen LogP contribution in [-0.2, 0) is 14.3 Å². The summed E-state index contributed by atoms with van der Waals surface area (Å²) in [5.41, 5.74) is 0. The Balaban J connectivity index is 1.62. The Morgan fingerprint density at radius 2 is 2.10 bits per heavy atom. The van der Waals surface area contributed by atoms with Gasteiger partial charge < -0.3 is 15.0 Å². The van der Waals surface area contributed by atoms with Gasteiger partial charge in [0.05, 0.1) is 28.8 Å². The number of aromatic nitrogens is 1. The molecule has 3 amide bonds. The number of anilines is 1. The highest BCUT2D eigenvalue weighted by Crippen LogP contribution is 2.30. The lowest BCUT2D eigenvalue weighted by molar-refractivity contribution is -0.139. The number of piperidine rings is 1. The number of thiazole rings is 1. The van der Waals surface area contributed by atoms with Gasteiger partial charge in [0.1, 0.15) is 0 Å². The number of hydrogen-bond acceptors (Lipinski definition) is 7. The molecule has 2 aliphatic rings. The molecule has 29 heavy (non-hydrogen) atoms. The Morgan fingerprint density at radius 1 is 1.31 bits per heavy atom. The molecule has 1 aromatic rings. The van der Waals surface area contributed by atoms with Gasteiger partial charge in [-0.25, -0.2) is 9.78 Å². The number of esters is 1. The van der Waals surface area contributed by atoms with Crippen LogP contribution in [0.25, 0.3) is 0 Å². The van der Waals surface area contributed by atoms with Crippen LogP contribution in [0.3, 0.4) is 0 Å². The van der Waals surface area contributed by atoms with E-state index in [4.69, 9.17) is 4.74 Å². The van der Waals surface area contributed by atoms with Gasteiger partial charge in [-0.3, -0.25) is 14.9 Å². The zero-order chi connectivity index (χ0) is 20.6. The lowest BCUT2D eigenvalue weighted by Gasteiger charge is -2.41. The SMILES string of the molecule is CCOC(=O)CSc1cnc(NC(=O)N(C2CCCCC2)[C@H]2CCC(=O)NC2)s1. The third kappa shape index (κ3) is 6.33. The maximum Gasteiger partial charge on any atom is 0.324 e. The average molecular weight is 441 g/mol. The van der Waals surface area contributed by atoms with E-state index in [0.29, 0.717) is 31.1 Å². The van der Waals surface area contributed by atoms with Crippen molar-refractivity contribution in [2.75, 3.05) is 24.2 Å². The summed E-state index contributed by atoms with van der Waals surface area (Å²) in [5.74, 6) is 0.00657. The molecular weight excluding hydrogens is 412 g/mol. The average Bonchev–Trinajstić information content (AvgIpc) is 3.16. The van der Waals surface area contributed by atoms with Crippen LogP contribution in [0.15, 0.2) is 10.4 Å². The van der Waals surface area contributed by atoms with Gasteiger partial charge in [0.25, 0.3) is 0 Å². The zero-order valence-electron chi connectivity index (χ0n) is 16.6. The van der Waals surface area contributed by atoms with Crippen molar-refractivity contribution in [1.29, 1.82) is 0 Å². The summed E-state index contributed by atoms with van der Waals surface area (Å²) >= 11 is 2.70. The fourth-order valence-electron chi connectivity index (χ4n) is 3.82. The molecule has 0 radical (unpaired) electrons. The third-order valence-corrected chi connectivity index (χ3v) is 7.25. The minimum atomic E-state index is -0.265. The maximum atomic E-state index is 13.1. The topological polar surface area (TPSA) is 101 Å². The van der Waals surface area contributed by atoms with Crippen LogP contribution in [-0.4, -0.2) is 58.8 Å². The molecule has 2 fully saturated rings. The van der Waals surface area contributed by atoms with Crippen LogP contribution in [0.5, 0.6) is 0 Å². The van der Waals surface area contributed by atoms with Gasteiger partial charge in [0.15, 0.2) is 5.13 Å². The van der Waals surface area contributed by atoms with Crippen LogP contribution >= 0.6 is 23.1 Å². The summed E-state index contributed by atoms with van der Waals surface area (Å²) in [6.45, 7) is 2.64. The van der Waals surface area contributed by atoms with Crippen LogP contribution in [0.2, 0.25) is 0 Å². The molecular formula is C19H28N4O4S2. The Kier molecular flexibility index (Phi) is 8.17. The summed E-state index contributed by atoms with van der Waals surface area (Å²) in [6, 6.07) is 0.0455. The Morgan fingerprint density at radius 3 is 2.79 bits per heavy atom. The van der Waals surface area contributed by atoms with Gasteiger partial charge in [-0.1, -0.05) is 30.6 Å². The number of carbonyl (C=O) groups is 3. The van der Waals surface area contributed by atoms with Gasteiger partial charge in [0.2, 0.25) is 5.91 Å². The zero-order valence-corrected chi connectivity index (χ0v) is 18.3. The van der Waals surface area contributed by atoms with Crippen molar-refractivity contribution in [3.8, 4) is 0 Å². The molecule has 1 aromatic heterocycles. The van der Waals surface area contributed by atoms with E-state index in [1.807, 2.05) is 4.90 Å². The second-order valence-electron chi connectivity index (χ2n) is 7.20. The number of rotatable bonds is 7. The molecule has 8 nitrogen and oxygen atoms in total. The van der Waals surface area contributed by atoms with E-state index in [1.165, 1.54) is 29.5 Å². The molecule has 1 saturated carbocycles. The largest absolute Gasteiger partial charge is 0.465 e. The monoisotopic (exact) mass is 440 g/mol. The number of ether oxygens (including phenoxy) is 1. The van der Waals surface area contributed by atoms with Gasteiger partial charge in [-0.15, -0.1) is 11.8 Å². The Labute approximate surface area is 179 Å². The quantitative estimate of drug-likeness (QED) is 0.499. The van der Waals surface area contributed by atoms with Crippen molar-refractivity contribution in [2.45, 2.75) is 68.2 Å². The number of carbonyl (C=O) groups excluding carboxylic acids is 3. The second-order valence-corrected chi connectivity index (χ2v) is 9.51. The summed E-state index contributed by atoms with van der Waals surface area (Å²) < 4.78 is 5.78. The highest BCUT2D eigenvalue weighted by atomic mass is 32.2. The molecule has 1 atom stereocenters. The van der Waals surface area contributed by atoms with Gasteiger partial charge in [-0.05, 0) is 26.2 Å². The van der Waals surface area contributed by atoms with Crippen LogP contribution in [0, 0.1) is 0 Å². The molecule has 1 aliphatic heterocycles. The van der Waals surface area contributed by atoms with E-state index in [1.54, 1.807) is 13.1 Å². The predicted molar refractivity (Wildman–Crippen MR) is 113 cm³/mol. The van der Waals surface area contributed by atoms with Crippen molar-refractivity contribution in [1.82, 2.24) is 15.2 Å². The molecule has 10 heteroatoms. The summed E-state index contributed by atoms with van der Waals surface area (Å²) in [4.78, 5) is 42.4. The molecule has 0 unspecified atom stereocenters. The van der Waals surface area contributed by atoms with E-state index < -0.39 is 0 Å². The predicted octanol–water partition coefficient (Wildman–Crippen LogP) is 3.24. The molecule has 2 N–H and O–H groups in total. The lowest BCUT2D eigenvalue weighted by Crippen LogP contribution is -2.55. The van der Waals surface area contributed by atoms with E-state index in [0.717, 1.165) is 29.9 Å². The van der Waals surface area contributed by atoms with Gasteiger partial charge in [0, 0.05) is 19.0 Å². The Bertz CT molecular complexity index is 711. The lowest BCUT2D eigenvalue weighted by atomic mass is 9.92. The smallest absolute Gasteiger partial charge is 0.324 e. The van der Waals surface area contributed by atoms with E-state index in [-0.39, 0.29) is 35.7 Å². The van der Waals surface area contributed by atoms with E-state index >= 15 is 0 Å². The number of thioether (sulfide) groups is 1. The first kappa shape index (κ1) is 21.9. The van der Waals surface area contributed by atoms with Crippen molar-refractivity contribution >= 4 is 46.1 Å². The standard InChI is InChI=1S/C19H28N4O4S2/c1-2-27-16(25)12-28-17-11-21-18(29-17)22-19(26)23(13-6-4-3-5-7-13)14-8-9-15(24)20-10-14/h11,13-14H,2-10,12H2,1H3,(H,20,24)(H,21,22,26)/t14-/m0/s1. The summed E-state index contributed by atoms with van der Waals surface area (Å²) in [6.07, 6.45) is 8.25. The molecule has 0 bridgehead atoms. The number of nitrogens with zero attached hydrogens (tertiary/aromatic N) is 2. The molecule has 1 aliphatic carbocycles. The fraction of sp³-hybridized carbons (Fsp3) is 0.684. The third-order valence-electron chi connectivity index (χ3n) is 5.17. The first-order valence-corrected chi connectivity index (χ1v) is 12.0. The molecule has 2 heterocycles. The van der Waals surface area contributed by atoms with Crippen molar-refractivity contribution in [3.63, 3.8) is 0 Å². The summed E-state index contributed by atoms with van der Waals surface area (Å²) in [7, 11) is 0. The Hall–Kier alpha value is -1.81. The van der Waals surface area contributed by atoms with Crippen molar-refractivity contribution < 1.29 is 19.1 Å². The van der Waals surface area contributed by atoms with E-state index in [9.17, 15) is 14.4 Å². The molecule has 0 aromatic carbocycles. The highest BCUT2D eigenvalue weighted by Gasteiger charge is 2.34. The first-order valence-electron chi connectivity index (χ1n) is 10.2. The maximum absolute atomic E-state index is 13.1. The number of urea groups is 1. The van der Waals surface area contributed by atoms with Crippen LogP contribution < -0.4 is 10.6 Å². The van der Waals surface area contributed by atoms with Crippen molar-refractivity contribution in [2.24, 2.45) is 0 Å². The van der Waals surface area contributed by atoms with Gasteiger partial charge >= 0.3 is 12.0 Å². The number of amides is 3. The number of nitrogens with one attached hydrogen (secondary N) is 2. The normalized spacial score (nSPS) is 20.0. The first-order chi connectivity index (χ1) is 14.1. The minimum Gasteiger partial charge on any atom is -0.465 e. The second kappa shape index (κ2) is 10.8. The molecule has 0 spiro atoms. The van der Waals surface area contributed by atoms with Crippen LogP contribution in [0.1, 0.15) is 51.9 Å². The molecule has 1 saturated heterocycles. The van der Waals surface area contributed by atoms with Crippen LogP contribution in [0.4, 0.5) is 9.93 Å². The number of hydrogen-bond donors (Lipinski definition) is 2. The van der Waals surface area contributed by atoms with E-state index in [2.05, 4.69) is 15.6 Å². The van der Waals surface area contributed by atoms with Crippen molar-refractivity contribution in [3.05, 3.63) is 6.20 Å². The minimum absolute atomic E-state index is 0.00780. The summed E-state index contributed by atoms with van der Waals surface area (Å²) in [5, 5.41) is 6.34. The highest BCUT2D eigenvalue weighted by molar-refractivity contribution is 8.01.